The van der Waals surface area contributed by atoms with Gasteiger partial charge in [0.2, 0.25) is 0 Å². The van der Waals surface area contributed by atoms with Crippen LogP contribution >= 0.6 is 0 Å². The minimum atomic E-state index is 0.618. The SMILES string of the molecule is CC(C)C1CCCC2=CNN=CC2CC1. The fourth-order valence-corrected chi connectivity index (χ4v) is 2.75. The standard InChI is InChI=1S/C13H22N2/c1-10(2)11-4-3-5-12-8-14-15-9-13(12)7-6-11/h8-11,13-14H,3-7H2,1-2H3. The van der Waals surface area contributed by atoms with Crippen molar-refractivity contribution < 1.29 is 0 Å². The molecule has 1 fully saturated rings. The predicted octanol–water partition coefficient (Wildman–Crippen LogP) is 3.31. The number of fused-ring (bicyclic) bond motifs is 1. The molecule has 1 heterocycles. The zero-order valence-electron chi connectivity index (χ0n) is 9.87. The minimum Gasteiger partial charge on any atom is -0.286 e. The molecule has 0 aromatic carbocycles. The highest BCUT2D eigenvalue weighted by Gasteiger charge is 2.22. The lowest BCUT2D eigenvalue weighted by molar-refractivity contribution is 0.302. The molecule has 2 nitrogen and oxygen atoms in total. The average Bonchev–Trinajstić information content (AvgIpc) is 2.18. The van der Waals surface area contributed by atoms with E-state index < -0.39 is 0 Å². The molecule has 2 heteroatoms. The molecule has 0 amide bonds. The first-order valence-electron chi connectivity index (χ1n) is 6.25. The second-order valence-corrected chi connectivity index (χ2v) is 5.21. The lowest BCUT2D eigenvalue weighted by Gasteiger charge is -2.28. The summed E-state index contributed by atoms with van der Waals surface area (Å²) in [4.78, 5) is 0. The summed E-state index contributed by atoms with van der Waals surface area (Å²) in [5.41, 5.74) is 4.54. The van der Waals surface area contributed by atoms with E-state index in [9.17, 15) is 0 Å². The van der Waals surface area contributed by atoms with Gasteiger partial charge in [0.1, 0.15) is 0 Å². The Labute approximate surface area is 92.8 Å². The fourth-order valence-electron chi connectivity index (χ4n) is 2.75. The largest absolute Gasteiger partial charge is 0.286 e. The Morgan fingerprint density at radius 2 is 2.20 bits per heavy atom. The summed E-state index contributed by atoms with van der Waals surface area (Å²) in [6.07, 6.45) is 10.9. The molecule has 0 radical (unpaired) electrons. The van der Waals surface area contributed by atoms with Gasteiger partial charge in [0.05, 0.1) is 0 Å². The Kier molecular flexibility index (Phi) is 3.45. The van der Waals surface area contributed by atoms with Gasteiger partial charge in [0.25, 0.3) is 0 Å². The van der Waals surface area contributed by atoms with E-state index in [1.54, 1.807) is 5.57 Å². The third-order valence-electron chi connectivity index (χ3n) is 3.89. The van der Waals surface area contributed by atoms with Gasteiger partial charge in [0.15, 0.2) is 0 Å². The molecule has 1 aliphatic carbocycles. The summed E-state index contributed by atoms with van der Waals surface area (Å²) in [6, 6.07) is 0. The van der Waals surface area contributed by atoms with Crippen LogP contribution < -0.4 is 5.43 Å². The van der Waals surface area contributed by atoms with Crippen LogP contribution in [-0.4, -0.2) is 6.21 Å². The van der Waals surface area contributed by atoms with E-state index in [1.165, 1.54) is 32.1 Å². The highest BCUT2D eigenvalue weighted by atomic mass is 15.3. The molecule has 0 aromatic heterocycles. The molecular formula is C13H22N2. The maximum absolute atomic E-state index is 4.15. The van der Waals surface area contributed by atoms with E-state index in [2.05, 4.69) is 36.8 Å². The molecule has 84 valence electrons. The number of rotatable bonds is 1. The Morgan fingerprint density at radius 1 is 1.33 bits per heavy atom. The lowest BCUT2D eigenvalue weighted by Crippen LogP contribution is -2.21. The zero-order valence-corrected chi connectivity index (χ0v) is 9.87. The van der Waals surface area contributed by atoms with E-state index in [0.29, 0.717) is 5.92 Å². The van der Waals surface area contributed by atoms with Crippen molar-refractivity contribution in [3.05, 3.63) is 11.8 Å². The Morgan fingerprint density at radius 3 is 3.00 bits per heavy atom. The van der Waals surface area contributed by atoms with Gasteiger partial charge >= 0.3 is 0 Å². The van der Waals surface area contributed by atoms with Crippen LogP contribution in [0.5, 0.6) is 0 Å². The summed E-state index contributed by atoms with van der Waals surface area (Å²) < 4.78 is 0. The summed E-state index contributed by atoms with van der Waals surface area (Å²) >= 11 is 0. The van der Waals surface area contributed by atoms with Gasteiger partial charge in [0, 0.05) is 18.3 Å². The highest BCUT2D eigenvalue weighted by molar-refractivity contribution is 5.66. The van der Waals surface area contributed by atoms with Crippen LogP contribution in [0.1, 0.15) is 46.0 Å². The first-order chi connectivity index (χ1) is 7.27. The molecule has 2 rings (SSSR count). The fraction of sp³-hybridized carbons (Fsp3) is 0.769. The number of allylic oxidation sites excluding steroid dienone is 1. The van der Waals surface area contributed by atoms with Gasteiger partial charge in [-0.3, -0.25) is 5.43 Å². The first-order valence-corrected chi connectivity index (χ1v) is 6.25. The van der Waals surface area contributed by atoms with Crippen molar-refractivity contribution in [3.63, 3.8) is 0 Å². The summed E-state index contributed by atoms with van der Waals surface area (Å²) in [7, 11) is 0. The molecule has 2 atom stereocenters. The van der Waals surface area contributed by atoms with Crippen LogP contribution in [0.25, 0.3) is 0 Å². The van der Waals surface area contributed by atoms with Gasteiger partial charge in [-0.1, -0.05) is 13.8 Å². The Hall–Kier alpha value is -0.790. The van der Waals surface area contributed by atoms with Gasteiger partial charge in [-0.2, -0.15) is 5.10 Å². The second kappa shape index (κ2) is 4.82. The second-order valence-electron chi connectivity index (χ2n) is 5.21. The van der Waals surface area contributed by atoms with Crippen molar-refractivity contribution in [1.29, 1.82) is 0 Å². The first kappa shape index (κ1) is 10.7. The number of nitrogens with zero attached hydrogens (tertiary/aromatic N) is 1. The van der Waals surface area contributed by atoms with E-state index in [0.717, 1.165) is 11.8 Å². The quantitative estimate of drug-likeness (QED) is 0.699. The number of hydrogen-bond donors (Lipinski definition) is 1. The molecular weight excluding hydrogens is 184 g/mol. The van der Waals surface area contributed by atoms with E-state index in [1.807, 2.05) is 0 Å². The number of nitrogens with one attached hydrogen (secondary N) is 1. The monoisotopic (exact) mass is 206 g/mol. The Bertz CT molecular complexity index is 266. The van der Waals surface area contributed by atoms with Crippen LogP contribution in [-0.2, 0) is 0 Å². The molecule has 0 aromatic rings. The Balaban J connectivity index is 1.98. The molecule has 2 aliphatic rings. The maximum Gasteiger partial charge on any atom is 0.0318 e. The van der Waals surface area contributed by atoms with Crippen molar-refractivity contribution in [3.8, 4) is 0 Å². The smallest absolute Gasteiger partial charge is 0.0318 e. The van der Waals surface area contributed by atoms with Crippen LogP contribution in [0.2, 0.25) is 0 Å². The van der Waals surface area contributed by atoms with Crippen LogP contribution in [0.3, 0.4) is 0 Å². The number of hydrazone groups is 1. The maximum atomic E-state index is 4.15. The van der Waals surface area contributed by atoms with E-state index in [-0.39, 0.29) is 0 Å². The molecule has 1 saturated carbocycles. The average molecular weight is 206 g/mol. The zero-order chi connectivity index (χ0) is 10.7. The molecule has 0 bridgehead atoms. The van der Waals surface area contributed by atoms with Crippen LogP contribution in [0.4, 0.5) is 0 Å². The number of hydrogen-bond acceptors (Lipinski definition) is 2. The summed E-state index contributed by atoms with van der Waals surface area (Å²) in [5.74, 6) is 2.39. The molecule has 1 aliphatic heterocycles. The van der Waals surface area contributed by atoms with Crippen molar-refractivity contribution >= 4 is 6.21 Å². The predicted molar refractivity (Wildman–Crippen MR) is 64.6 cm³/mol. The van der Waals surface area contributed by atoms with Crippen molar-refractivity contribution in [2.75, 3.05) is 0 Å². The van der Waals surface area contributed by atoms with Gasteiger partial charge < -0.3 is 0 Å². The third kappa shape index (κ3) is 2.61. The van der Waals surface area contributed by atoms with Crippen molar-refractivity contribution in [2.45, 2.75) is 46.0 Å². The normalized spacial score (nSPS) is 31.3. The van der Waals surface area contributed by atoms with Crippen LogP contribution in [0, 0.1) is 17.8 Å². The van der Waals surface area contributed by atoms with E-state index >= 15 is 0 Å². The van der Waals surface area contributed by atoms with Crippen molar-refractivity contribution in [1.82, 2.24) is 5.43 Å². The minimum absolute atomic E-state index is 0.618. The molecule has 1 N–H and O–H groups in total. The molecule has 0 saturated heterocycles. The van der Waals surface area contributed by atoms with E-state index in [4.69, 9.17) is 0 Å². The van der Waals surface area contributed by atoms with Gasteiger partial charge in [-0.25, -0.2) is 0 Å². The summed E-state index contributed by atoms with van der Waals surface area (Å²) in [6.45, 7) is 4.72. The van der Waals surface area contributed by atoms with Gasteiger partial charge in [-0.15, -0.1) is 0 Å². The van der Waals surface area contributed by atoms with Crippen LogP contribution in [0.15, 0.2) is 16.9 Å². The summed E-state index contributed by atoms with van der Waals surface area (Å²) in [5, 5.41) is 4.15. The third-order valence-corrected chi connectivity index (χ3v) is 3.89. The lowest BCUT2D eigenvalue weighted by atomic mass is 9.79. The van der Waals surface area contributed by atoms with Gasteiger partial charge in [-0.05, 0) is 49.5 Å². The molecule has 15 heavy (non-hydrogen) atoms. The van der Waals surface area contributed by atoms with Crippen molar-refractivity contribution in [2.24, 2.45) is 22.9 Å². The highest BCUT2D eigenvalue weighted by Crippen LogP contribution is 2.33. The topological polar surface area (TPSA) is 24.4 Å². The molecule has 2 unspecified atom stereocenters. The molecule has 0 spiro atoms.